The Morgan fingerprint density at radius 1 is 1.35 bits per heavy atom. The normalized spacial score (nSPS) is 20.4. The molecule has 1 atom stereocenters. The first-order valence-corrected chi connectivity index (χ1v) is 9.39. The van der Waals surface area contributed by atoms with E-state index in [4.69, 9.17) is 4.43 Å². The molecule has 93 valence electrons. The third kappa shape index (κ3) is 2.48. The predicted molar refractivity (Wildman–Crippen MR) is 74.6 cm³/mol. The van der Waals surface area contributed by atoms with Crippen molar-refractivity contribution in [2.45, 2.75) is 57.8 Å². The Morgan fingerprint density at radius 3 is 2.71 bits per heavy atom. The van der Waals surface area contributed by atoms with Crippen LogP contribution in [0.3, 0.4) is 0 Å². The minimum absolute atomic E-state index is 0.288. The van der Waals surface area contributed by atoms with Crippen LogP contribution in [0, 0.1) is 6.07 Å². The van der Waals surface area contributed by atoms with Crippen LogP contribution in [0.15, 0.2) is 18.2 Å². The summed E-state index contributed by atoms with van der Waals surface area (Å²) in [7, 11) is -1.65. The molecule has 17 heavy (non-hydrogen) atoms. The van der Waals surface area contributed by atoms with Crippen LogP contribution in [0.1, 0.15) is 44.4 Å². The van der Waals surface area contributed by atoms with Crippen molar-refractivity contribution < 1.29 is 4.43 Å². The summed E-state index contributed by atoms with van der Waals surface area (Å²) >= 11 is 0. The molecule has 0 aliphatic heterocycles. The van der Waals surface area contributed by atoms with Crippen LogP contribution in [0.25, 0.3) is 0 Å². The summed E-state index contributed by atoms with van der Waals surface area (Å²) in [5.74, 6) is 0. The number of hydrogen-bond donors (Lipinski definition) is 0. The number of benzene rings is 1. The van der Waals surface area contributed by atoms with Gasteiger partial charge in [0.05, 0.1) is 6.10 Å². The van der Waals surface area contributed by atoms with Gasteiger partial charge in [0.2, 0.25) is 0 Å². The van der Waals surface area contributed by atoms with E-state index < -0.39 is 8.32 Å². The van der Waals surface area contributed by atoms with Crippen molar-refractivity contribution in [1.29, 1.82) is 0 Å². The highest BCUT2D eigenvalue weighted by Crippen LogP contribution is 2.43. The number of rotatable bonds is 2. The van der Waals surface area contributed by atoms with Crippen LogP contribution in [0.4, 0.5) is 0 Å². The smallest absolute Gasteiger partial charge is 0.192 e. The highest BCUT2D eigenvalue weighted by atomic mass is 28.4. The average Bonchev–Trinajstić information content (AvgIpc) is 2.60. The van der Waals surface area contributed by atoms with E-state index in [0.29, 0.717) is 6.10 Å². The van der Waals surface area contributed by atoms with Gasteiger partial charge in [0.15, 0.2) is 8.32 Å². The molecule has 2 heteroatoms. The molecular weight excluding hydrogens is 224 g/mol. The maximum absolute atomic E-state index is 6.51. The maximum Gasteiger partial charge on any atom is 0.192 e. The third-order valence-corrected chi connectivity index (χ3v) is 8.74. The molecule has 1 nitrogen and oxygen atoms in total. The maximum atomic E-state index is 6.51. The molecule has 0 N–H and O–H groups in total. The van der Waals surface area contributed by atoms with E-state index in [0.717, 1.165) is 12.8 Å². The number of fused-ring (bicyclic) bond motifs is 1. The lowest BCUT2D eigenvalue weighted by Gasteiger charge is -2.38. The molecule has 1 aliphatic rings. The first-order chi connectivity index (χ1) is 7.81. The topological polar surface area (TPSA) is 9.23 Å². The third-order valence-electron chi connectivity index (χ3n) is 4.25. The van der Waals surface area contributed by atoms with E-state index in [1.165, 1.54) is 11.1 Å². The summed E-state index contributed by atoms with van der Waals surface area (Å²) in [6.07, 6.45) is 2.60. The highest BCUT2D eigenvalue weighted by Gasteiger charge is 2.40. The number of hydrogen-bond acceptors (Lipinski definition) is 1. The molecular formula is C15H23OSi. The molecule has 0 saturated heterocycles. The summed E-state index contributed by atoms with van der Waals surface area (Å²) in [6, 6.07) is 9.46. The molecule has 1 aromatic carbocycles. The van der Waals surface area contributed by atoms with E-state index in [1.807, 2.05) is 6.07 Å². The van der Waals surface area contributed by atoms with Gasteiger partial charge < -0.3 is 4.43 Å². The van der Waals surface area contributed by atoms with Crippen molar-refractivity contribution in [3.63, 3.8) is 0 Å². The molecule has 0 bridgehead atoms. The molecule has 1 aliphatic carbocycles. The van der Waals surface area contributed by atoms with E-state index in [1.54, 1.807) is 0 Å². The van der Waals surface area contributed by atoms with E-state index in [9.17, 15) is 0 Å². The Balaban J connectivity index is 2.18. The minimum Gasteiger partial charge on any atom is -0.410 e. The monoisotopic (exact) mass is 247 g/mol. The Hall–Kier alpha value is -0.603. The Bertz CT molecular complexity index is 404. The van der Waals surface area contributed by atoms with Crippen molar-refractivity contribution in [2.75, 3.05) is 0 Å². The fraction of sp³-hybridized carbons (Fsp3) is 0.600. The molecule has 0 amide bonds. The zero-order valence-electron chi connectivity index (χ0n) is 11.6. The predicted octanol–water partition coefficient (Wildman–Crippen LogP) is 4.50. The molecule has 0 aromatic heterocycles. The van der Waals surface area contributed by atoms with Crippen molar-refractivity contribution in [3.8, 4) is 0 Å². The lowest BCUT2D eigenvalue weighted by molar-refractivity contribution is 0.185. The SMILES string of the molecule is CC(C)(C)[Si](C)(C)OC1CCc2c[c]ccc21. The zero-order chi connectivity index (χ0) is 12.7. The Kier molecular flexibility index (Phi) is 3.21. The van der Waals surface area contributed by atoms with Crippen molar-refractivity contribution in [2.24, 2.45) is 0 Å². The molecule has 0 spiro atoms. The molecule has 1 unspecified atom stereocenters. The summed E-state index contributed by atoms with van der Waals surface area (Å²) in [6.45, 7) is 11.6. The first kappa shape index (κ1) is 12.8. The van der Waals surface area contributed by atoms with Crippen LogP contribution < -0.4 is 0 Å². The van der Waals surface area contributed by atoms with Gasteiger partial charge in [0, 0.05) is 0 Å². The second-order valence-corrected chi connectivity index (χ2v) is 11.3. The van der Waals surface area contributed by atoms with Crippen molar-refractivity contribution >= 4 is 8.32 Å². The van der Waals surface area contributed by atoms with Crippen molar-refractivity contribution in [3.05, 3.63) is 35.4 Å². The van der Waals surface area contributed by atoms with E-state index in [2.05, 4.69) is 52.1 Å². The fourth-order valence-electron chi connectivity index (χ4n) is 2.10. The lowest BCUT2D eigenvalue weighted by atomic mass is 10.1. The van der Waals surface area contributed by atoms with Gasteiger partial charge in [-0.05, 0) is 48.2 Å². The molecule has 0 heterocycles. The summed E-state index contributed by atoms with van der Waals surface area (Å²) in [4.78, 5) is 0. The van der Waals surface area contributed by atoms with Gasteiger partial charge in [-0.15, -0.1) is 0 Å². The van der Waals surface area contributed by atoms with Crippen LogP contribution in [0.5, 0.6) is 0 Å². The van der Waals surface area contributed by atoms with Gasteiger partial charge in [-0.2, -0.15) is 0 Å². The van der Waals surface area contributed by atoms with Crippen LogP contribution >= 0.6 is 0 Å². The lowest BCUT2D eigenvalue weighted by Crippen LogP contribution is -2.41. The summed E-state index contributed by atoms with van der Waals surface area (Å²) in [5.41, 5.74) is 2.82. The van der Waals surface area contributed by atoms with E-state index in [-0.39, 0.29) is 5.04 Å². The van der Waals surface area contributed by atoms with Gasteiger partial charge in [-0.1, -0.05) is 39.0 Å². The first-order valence-electron chi connectivity index (χ1n) is 6.48. The fourth-order valence-corrected chi connectivity index (χ4v) is 3.41. The van der Waals surface area contributed by atoms with Gasteiger partial charge in [0.25, 0.3) is 0 Å². The largest absolute Gasteiger partial charge is 0.410 e. The van der Waals surface area contributed by atoms with Gasteiger partial charge in [0.1, 0.15) is 0 Å². The standard InChI is InChI=1S/C15H23OSi/c1-15(2,3)17(4,5)16-14-11-10-12-8-6-7-9-13(12)14/h7-9,14H,10-11H2,1-5H3. The minimum atomic E-state index is -1.65. The van der Waals surface area contributed by atoms with Crippen LogP contribution in [0.2, 0.25) is 18.1 Å². The van der Waals surface area contributed by atoms with Gasteiger partial charge in [-0.25, -0.2) is 0 Å². The second-order valence-electron chi connectivity index (χ2n) is 6.53. The zero-order valence-corrected chi connectivity index (χ0v) is 12.6. The average molecular weight is 247 g/mol. The number of aryl methyl sites for hydroxylation is 1. The summed E-state index contributed by atoms with van der Waals surface area (Å²) in [5, 5.41) is 0.288. The molecule has 2 rings (SSSR count). The van der Waals surface area contributed by atoms with E-state index >= 15 is 0 Å². The molecule has 1 radical (unpaired) electrons. The van der Waals surface area contributed by atoms with Gasteiger partial charge in [-0.3, -0.25) is 0 Å². The Labute approximate surface area is 106 Å². The van der Waals surface area contributed by atoms with Crippen molar-refractivity contribution in [1.82, 2.24) is 0 Å². The molecule has 0 fully saturated rings. The molecule has 0 saturated carbocycles. The Morgan fingerprint density at radius 2 is 2.06 bits per heavy atom. The van der Waals surface area contributed by atoms with Crippen LogP contribution in [-0.2, 0) is 10.8 Å². The van der Waals surface area contributed by atoms with Crippen LogP contribution in [-0.4, -0.2) is 8.32 Å². The summed E-state index contributed by atoms with van der Waals surface area (Å²) < 4.78 is 6.51. The second kappa shape index (κ2) is 4.25. The quantitative estimate of drug-likeness (QED) is 0.699. The highest BCUT2D eigenvalue weighted by molar-refractivity contribution is 6.74. The van der Waals surface area contributed by atoms with Gasteiger partial charge >= 0.3 is 0 Å². The molecule has 1 aromatic rings.